The third-order valence-electron chi connectivity index (χ3n) is 3.86. The molecule has 0 spiro atoms. The van der Waals surface area contributed by atoms with Gasteiger partial charge < -0.3 is 14.6 Å². The Morgan fingerprint density at radius 3 is 2.69 bits per heavy atom. The molecule has 2 heterocycles. The number of aliphatic hydroxyl groups excluding tert-OH is 1. The molecule has 1 aliphatic heterocycles. The standard InChI is InChI=1S/C14H15Cl2N3O6S/c15-10-1-2-11(12(16)3-10)14(4-19-9-17-8-18-19)24-6-13(5-20,25-14)7-26(21,22)23/h1-3,8-9,20H,4-7H2,(H,21,22,23)/t13-,14+/m1/s1. The topological polar surface area (TPSA) is 124 Å². The highest BCUT2D eigenvalue weighted by atomic mass is 35.5. The van der Waals surface area contributed by atoms with Gasteiger partial charge in [-0.25, -0.2) is 9.67 Å². The van der Waals surface area contributed by atoms with Crippen molar-refractivity contribution in [3.8, 4) is 0 Å². The van der Waals surface area contributed by atoms with Crippen LogP contribution >= 0.6 is 23.2 Å². The van der Waals surface area contributed by atoms with Crippen LogP contribution < -0.4 is 0 Å². The second-order valence-corrected chi connectivity index (χ2v) is 8.22. The van der Waals surface area contributed by atoms with Crippen molar-refractivity contribution >= 4 is 33.3 Å². The molecule has 2 aromatic rings. The van der Waals surface area contributed by atoms with Gasteiger partial charge in [0.25, 0.3) is 10.1 Å². The van der Waals surface area contributed by atoms with Crippen molar-refractivity contribution < 1.29 is 27.6 Å². The minimum absolute atomic E-state index is 0.0262. The third-order valence-corrected chi connectivity index (χ3v) is 5.30. The van der Waals surface area contributed by atoms with E-state index in [-0.39, 0.29) is 18.2 Å². The lowest BCUT2D eigenvalue weighted by Crippen LogP contribution is -2.46. The molecule has 1 aliphatic rings. The molecule has 0 amide bonds. The van der Waals surface area contributed by atoms with Crippen LogP contribution in [0.15, 0.2) is 30.9 Å². The van der Waals surface area contributed by atoms with Gasteiger partial charge in [-0.05, 0) is 12.1 Å². The third kappa shape index (κ3) is 4.01. The Morgan fingerprint density at radius 1 is 1.35 bits per heavy atom. The maximum absolute atomic E-state index is 11.4. The molecular formula is C14H15Cl2N3O6S. The van der Waals surface area contributed by atoms with Crippen LogP contribution in [0.1, 0.15) is 5.56 Å². The lowest BCUT2D eigenvalue weighted by atomic mass is 10.0. The number of hydrogen-bond donors (Lipinski definition) is 2. The lowest BCUT2D eigenvalue weighted by Gasteiger charge is -2.32. The number of halogens is 2. The van der Waals surface area contributed by atoms with Crippen molar-refractivity contribution in [2.75, 3.05) is 19.0 Å². The number of nitrogens with zero attached hydrogens (tertiary/aromatic N) is 3. The van der Waals surface area contributed by atoms with Crippen LogP contribution in [0.2, 0.25) is 10.0 Å². The van der Waals surface area contributed by atoms with Gasteiger partial charge in [-0.2, -0.15) is 13.5 Å². The number of hydrogen-bond acceptors (Lipinski definition) is 7. The fourth-order valence-corrected chi connectivity index (χ4v) is 4.26. The summed E-state index contributed by atoms with van der Waals surface area (Å²) in [6.07, 6.45) is 2.73. The van der Waals surface area contributed by atoms with Gasteiger partial charge in [0.1, 0.15) is 30.6 Å². The molecule has 0 unspecified atom stereocenters. The summed E-state index contributed by atoms with van der Waals surface area (Å²) in [5.74, 6) is -2.41. The van der Waals surface area contributed by atoms with Crippen LogP contribution in [-0.2, 0) is 31.9 Å². The summed E-state index contributed by atoms with van der Waals surface area (Å²) < 4.78 is 45.1. The second-order valence-electron chi connectivity index (χ2n) is 5.93. The van der Waals surface area contributed by atoms with Gasteiger partial charge in [-0.1, -0.05) is 29.3 Å². The zero-order valence-corrected chi connectivity index (χ0v) is 15.6. The summed E-state index contributed by atoms with van der Waals surface area (Å²) in [4.78, 5) is 3.84. The zero-order valence-electron chi connectivity index (χ0n) is 13.2. The molecule has 0 radical (unpaired) electrons. The molecule has 0 bridgehead atoms. The summed E-state index contributed by atoms with van der Waals surface area (Å²) in [7, 11) is -4.44. The van der Waals surface area contributed by atoms with Crippen molar-refractivity contribution in [3.05, 3.63) is 46.5 Å². The van der Waals surface area contributed by atoms with Crippen molar-refractivity contribution in [1.82, 2.24) is 14.8 Å². The molecule has 9 nitrogen and oxygen atoms in total. The van der Waals surface area contributed by atoms with E-state index in [1.165, 1.54) is 23.4 Å². The summed E-state index contributed by atoms with van der Waals surface area (Å²) >= 11 is 12.2. The number of rotatable bonds is 6. The van der Waals surface area contributed by atoms with E-state index in [0.29, 0.717) is 10.6 Å². The fraction of sp³-hybridized carbons (Fsp3) is 0.429. The SMILES string of the molecule is O=S(=O)(O)C[C@@]1(CO)CO[C@](Cn2cncn2)(c2ccc(Cl)cc2Cl)O1. The first-order valence-corrected chi connectivity index (χ1v) is 9.72. The molecule has 1 fully saturated rings. The van der Waals surface area contributed by atoms with Gasteiger partial charge in [-0.15, -0.1) is 0 Å². The van der Waals surface area contributed by atoms with Crippen molar-refractivity contribution in [2.24, 2.45) is 0 Å². The highest BCUT2D eigenvalue weighted by Crippen LogP contribution is 2.44. The molecule has 1 aromatic carbocycles. The van der Waals surface area contributed by atoms with E-state index in [1.54, 1.807) is 12.1 Å². The molecule has 2 atom stereocenters. The zero-order chi connectivity index (χ0) is 19.0. The van der Waals surface area contributed by atoms with E-state index >= 15 is 0 Å². The number of benzene rings is 1. The van der Waals surface area contributed by atoms with Crippen molar-refractivity contribution in [3.63, 3.8) is 0 Å². The molecule has 142 valence electrons. The van der Waals surface area contributed by atoms with Gasteiger partial charge in [0, 0.05) is 10.6 Å². The maximum atomic E-state index is 11.4. The smallest absolute Gasteiger partial charge is 0.267 e. The van der Waals surface area contributed by atoms with Gasteiger partial charge in [-0.3, -0.25) is 4.55 Å². The highest BCUT2D eigenvalue weighted by molar-refractivity contribution is 7.85. The van der Waals surface area contributed by atoms with Crippen molar-refractivity contribution in [1.29, 1.82) is 0 Å². The van der Waals surface area contributed by atoms with Gasteiger partial charge in [0.15, 0.2) is 0 Å². The molecule has 3 rings (SSSR count). The molecule has 0 aliphatic carbocycles. The van der Waals surface area contributed by atoms with E-state index in [2.05, 4.69) is 10.1 Å². The Balaban J connectivity index is 2.05. The lowest BCUT2D eigenvalue weighted by molar-refractivity contribution is -0.208. The normalized spacial score (nSPS) is 26.3. The Labute approximate surface area is 159 Å². The first kappa shape index (κ1) is 19.5. The highest BCUT2D eigenvalue weighted by Gasteiger charge is 2.54. The molecule has 12 heteroatoms. The average Bonchev–Trinajstić information content (AvgIpc) is 3.15. The number of aromatic nitrogens is 3. The molecule has 2 N–H and O–H groups in total. The van der Waals surface area contributed by atoms with E-state index in [1.807, 2.05) is 0 Å². The van der Waals surface area contributed by atoms with Crippen LogP contribution in [0.5, 0.6) is 0 Å². The molecular weight excluding hydrogens is 409 g/mol. The fourth-order valence-electron chi connectivity index (χ4n) is 2.81. The van der Waals surface area contributed by atoms with Crippen LogP contribution in [0, 0.1) is 0 Å². The van der Waals surface area contributed by atoms with Gasteiger partial charge in [0.05, 0.1) is 18.2 Å². The minimum Gasteiger partial charge on any atom is -0.393 e. The Kier molecular flexibility index (Phi) is 5.28. The average molecular weight is 424 g/mol. The van der Waals surface area contributed by atoms with Crippen LogP contribution in [-0.4, -0.2) is 57.4 Å². The van der Waals surface area contributed by atoms with Crippen LogP contribution in [0.4, 0.5) is 0 Å². The summed E-state index contributed by atoms with van der Waals surface area (Å²) in [6.45, 7) is -1.02. The number of aliphatic hydroxyl groups is 1. The van der Waals surface area contributed by atoms with E-state index in [9.17, 15) is 18.1 Å². The molecule has 1 saturated heterocycles. The monoisotopic (exact) mass is 423 g/mol. The van der Waals surface area contributed by atoms with Crippen LogP contribution in [0.3, 0.4) is 0 Å². The van der Waals surface area contributed by atoms with Crippen molar-refractivity contribution in [2.45, 2.75) is 17.9 Å². The van der Waals surface area contributed by atoms with E-state index in [0.717, 1.165) is 0 Å². The summed E-state index contributed by atoms with van der Waals surface area (Å²) in [5.41, 5.74) is -1.30. The van der Waals surface area contributed by atoms with E-state index in [4.69, 9.17) is 32.7 Å². The largest absolute Gasteiger partial charge is 0.393 e. The second kappa shape index (κ2) is 7.04. The predicted octanol–water partition coefficient (Wildman–Crippen LogP) is 1.10. The Morgan fingerprint density at radius 2 is 2.12 bits per heavy atom. The van der Waals surface area contributed by atoms with Gasteiger partial charge in [0.2, 0.25) is 5.79 Å². The summed E-state index contributed by atoms with van der Waals surface area (Å²) in [6, 6.07) is 4.62. The first-order chi connectivity index (χ1) is 12.2. The first-order valence-electron chi connectivity index (χ1n) is 7.35. The Hall–Kier alpha value is -1.27. The predicted molar refractivity (Wildman–Crippen MR) is 91.4 cm³/mol. The van der Waals surface area contributed by atoms with Gasteiger partial charge >= 0.3 is 0 Å². The number of ether oxygens (including phenoxy) is 2. The van der Waals surface area contributed by atoms with Crippen LogP contribution in [0.25, 0.3) is 0 Å². The maximum Gasteiger partial charge on any atom is 0.267 e. The van der Waals surface area contributed by atoms with E-state index < -0.39 is 33.9 Å². The summed E-state index contributed by atoms with van der Waals surface area (Å²) in [5, 5.41) is 14.3. The quantitative estimate of drug-likeness (QED) is 0.661. The molecule has 0 saturated carbocycles. The molecule has 1 aromatic heterocycles. The molecule has 26 heavy (non-hydrogen) atoms. The minimum atomic E-state index is -4.44. The Bertz CT molecular complexity index is 894.